The van der Waals surface area contributed by atoms with Gasteiger partial charge in [0.15, 0.2) is 15.2 Å². The number of carboxylic acid groups (broad SMARTS) is 1. The van der Waals surface area contributed by atoms with Crippen LogP contribution in [0.1, 0.15) is 5.69 Å². The number of aromatic nitrogens is 1. The number of carboxylic acids is 1. The van der Waals surface area contributed by atoms with E-state index in [-0.39, 0.29) is 40.7 Å². The van der Waals surface area contributed by atoms with Gasteiger partial charge in [-0.15, -0.1) is 0 Å². The number of rotatable bonds is 4. The summed E-state index contributed by atoms with van der Waals surface area (Å²) in [5.74, 6) is -4.07. The van der Waals surface area contributed by atoms with E-state index < -0.39 is 44.4 Å². The quantitative estimate of drug-likeness (QED) is 0.304. The molecule has 1 atom stereocenters. The van der Waals surface area contributed by atoms with Crippen LogP contribution < -0.4 is 40.4 Å². The first kappa shape index (κ1) is 21.0. The Morgan fingerprint density at radius 1 is 1.33 bits per heavy atom. The van der Waals surface area contributed by atoms with E-state index in [9.17, 15) is 27.9 Å². The summed E-state index contributed by atoms with van der Waals surface area (Å²) in [5.41, 5.74) is 4.40. The van der Waals surface area contributed by atoms with Gasteiger partial charge in [0, 0.05) is 12.3 Å². The average molecular weight is 397 g/mol. The van der Waals surface area contributed by atoms with Gasteiger partial charge in [0.25, 0.3) is 5.91 Å². The van der Waals surface area contributed by atoms with Crippen molar-refractivity contribution in [2.45, 2.75) is 5.37 Å². The van der Waals surface area contributed by atoms with Crippen LogP contribution in [-0.2, 0) is 24.2 Å². The van der Waals surface area contributed by atoms with E-state index in [2.05, 4.69) is 4.98 Å². The third-order valence-corrected chi connectivity index (χ3v) is 5.70. The molecule has 0 aromatic carbocycles. The summed E-state index contributed by atoms with van der Waals surface area (Å²) in [6.07, 6.45) is 4.57. The van der Waals surface area contributed by atoms with Gasteiger partial charge in [-0.3, -0.25) is 19.5 Å². The van der Waals surface area contributed by atoms with E-state index in [4.69, 9.17) is 5.73 Å². The number of sulfone groups is 1. The van der Waals surface area contributed by atoms with Crippen LogP contribution in [-0.4, -0.2) is 47.2 Å². The van der Waals surface area contributed by atoms with Crippen molar-refractivity contribution in [3.05, 3.63) is 59.1 Å². The zero-order valence-electron chi connectivity index (χ0n) is 14.2. The molecule has 0 unspecified atom stereocenters. The van der Waals surface area contributed by atoms with Crippen LogP contribution in [0.2, 0.25) is 0 Å². The number of nitrogens with two attached hydrogens (primary N) is 1. The maximum atomic E-state index is 12.6. The molecule has 3 rings (SSSR count). The summed E-state index contributed by atoms with van der Waals surface area (Å²) in [7, 11) is -3.93. The number of hydrogen-bond donors (Lipinski definition) is 1. The van der Waals surface area contributed by atoms with E-state index in [1.807, 2.05) is 0 Å². The molecule has 1 aromatic rings. The third kappa shape index (κ3) is 3.88. The summed E-state index contributed by atoms with van der Waals surface area (Å²) in [6, 6.07) is 4.90. The first-order valence-corrected chi connectivity index (χ1v) is 9.03. The Bertz CT molecular complexity index is 1010. The average Bonchev–Trinajstić information content (AvgIpc) is 2.57. The van der Waals surface area contributed by atoms with E-state index in [1.54, 1.807) is 18.2 Å². The number of fused-ring (bicyclic) bond motifs is 1. The van der Waals surface area contributed by atoms with Gasteiger partial charge < -0.3 is 15.6 Å². The monoisotopic (exact) mass is 397 g/mol. The topological polar surface area (TPSA) is 151 Å². The Balaban J connectivity index is 0.00000261. The van der Waals surface area contributed by atoms with Crippen LogP contribution in [0.15, 0.2) is 53.4 Å². The minimum absolute atomic E-state index is 0. The Kier molecular flexibility index (Phi) is 6.05. The van der Waals surface area contributed by atoms with Gasteiger partial charge in [0.2, 0.25) is 5.91 Å². The molecule has 1 aromatic heterocycles. The molecule has 2 aliphatic rings. The SMILES string of the molecule is NC(=O)/C=C/C1=C(C(=O)[O-])N2C(=O)/C(=C\c3ccccn3)[C@H]2S(=O)(=O)C1.[Na+]. The second-order valence-corrected chi connectivity index (χ2v) is 7.65. The van der Waals surface area contributed by atoms with Crippen molar-refractivity contribution in [3.63, 3.8) is 0 Å². The van der Waals surface area contributed by atoms with Crippen LogP contribution in [0.4, 0.5) is 0 Å². The molecule has 3 heterocycles. The predicted octanol–water partition coefficient (Wildman–Crippen LogP) is -4.89. The van der Waals surface area contributed by atoms with Crippen molar-refractivity contribution in [2.75, 3.05) is 5.75 Å². The fourth-order valence-electron chi connectivity index (χ4n) is 2.81. The van der Waals surface area contributed by atoms with Crippen LogP contribution in [0.5, 0.6) is 0 Å². The number of amides is 2. The van der Waals surface area contributed by atoms with Gasteiger partial charge in [-0.25, -0.2) is 8.42 Å². The second kappa shape index (κ2) is 7.77. The molecular weight excluding hydrogens is 385 g/mol. The number of β-lactam (4-membered cyclic amide) rings is 1. The Morgan fingerprint density at radius 3 is 2.59 bits per heavy atom. The predicted molar refractivity (Wildman–Crippen MR) is 87.0 cm³/mol. The number of nitrogens with zero attached hydrogens (tertiary/aromatic N) is 2. The number of pyridine rings is 1. The Hall–Kier alpha value is -2.27. The molecule has 1 fully saturated rings. The molecule has 2 aliphatic heterocycles. The van der Waals surface area contributed by atoms with E-state index in [0.29, 0.717) is 10.6 Å². The van der Waals surface area contributed by atoms with E-state index in [1.165, 1.54) is 12.3 Å². The molecule has 0 bridgehead atoms. The minimum atomic E-state index is -3.93. The molecule has 0 aliphatic carbocycles. The summed E-state index contributed by atoms with van der Waals surface area (Å²) in [6.45, 7) is 0. The molecular formula is C16H12N3NaO6S. The summed E-state index contributed by atoms with van der Waals surface area (Å²) < 4.78 is 25.1. The number of primary amides is 1. The van der Waals surface area contributed by atoms with Gasteiger partial charge >= 0.3 is 29.6 Å². The molecule has 134 valence electrons. The first-order valence-electron chi connectivity index (χ1n) is 7.32. The fraction of sp³-hybridized carbons (Fsp3) is 0.125. The molecule has 11 heteroatoms. The van der Waals surface area contributed by atoms with E-state index >= 15 is 0 Å². The molecule has 0 saturated carbocycles. The van der Waals surface area contributed by atoms with Gasteiger partial charge in [-0.05, 0) is 23.8 Å². The van der Waals surface area contributed by atoms with Crippen LogP contribution >= 0.6 is 0 Å². The maximum Gasteiger partial charge on any atom is 1.00 e. The molecule has 0 spiro atoms. The van der Waals surface area contributed by atoms with Gasteiger partial charge in [0.05, 0.1) is 28.7 Å². The van der Waals surface area contributed by atoms with Gasteiger partial charge in [0.1, 0.15) is 0 Å². The Morgan fingerprint density at radius 2 is 2.04 bits per heavy atom. The fourth-order valence-corrected chi connectivity index (χ4v) is 4.71. The number of carbonyl (C=O) groups is 3. The molecule has 2 amide bonds. The summed E-state index contributed by atoms with van der Waals surface area (Å²) in [5, 5.41) is 10.0. The largest absolute Gasteiger partial charge is 1.00 e. The van der Waals surface area contributed by atoms with Gasteiger partial charge in [-0.2, -0.15) is 0 Å². The van der Waals surface area contributed by atoms with Crippen molar-refractivity contribution >= 4 is 33.7 Å². The van der Waals surface area contributed by atoms with Crippen molar-refractivity contribution in [2.24, 2.45) is 5.73 Å². The van der Waals surface area contributed by atoms with Crippen molar-refractivity contribution in [1.29, 1.82) is 0 Å². The van der Waals surface area contributed by atoms with Crippen molar-refractivity contribution in [3.8, 4) is 0 Å². The van der Waals surface area contributed by atoms with Gasteiger partial charge in [-0.1, -0.05) is 12.1 Å². The molecule has 0 radical (unpaired) electrons. The number of carbonyl (C=O) groups excluding carboxylic acids is 3. The zero-order valence-corrected chi connectivity index (χ0v) is 17.0. The van der Waals surface area contributed by atoms with Crippen LogP contribution in [0, 0.1) is 0 Å². The minimum Gasteiger partial charge on any atom is -0.543 e. The van der Waals surface area contributed by atoms with Crippen LogP contribution in [0.3, 0.4) is 0 Å². The normalized spacial score (nSPS) is 22.2. The zero-order chi connectivity index (χ0) is 19.1. The van der Waals surface area contributed by atoms with Crippen LogP contribution in [0.25, 0.3) is 6.08 Å². The maximum absolute atomic E-state index is 12.6. The number of aliphatic carboxylic acids is 1. The van der Waals surface area contributed by atoms with Crippen molar-refractivity contribution < 1.29 is 57.5 Å². The number of allylic oxidation sites excluding steroid dienone is 1. The Labute approximate surface area is 176 Å². The summed E-state index contributed by atoms with van der Waals surface area (Å²) in [4.78, 5) is 39.4. The first-order chi connectivity index (χ1) is 12.2. The molecule has 27 heavy (non-hydrogen) atoms. The molecule has 2 N–H and O–H groups in total. The smallest absolute Gasteiger partial charge is 0.543 e. The van der Waals surface area contributed by atoms with Crippen molar-refractivity contribution in [1.82, 2.24) is 9.88 Å². The third-order valence-electron chi connectivity index (χ3n) is 3.84. The second-order valence-electron chi connectivity index (χ2n) is 5.59. The number of hydrogen-bond acceptors (Lipinski definition) is 7. The standard InChI is InChI=1S/C16H13N3O6S.Na/c17-12(20)5-4-9-8-26(24,25)15-11(7-10-3-1-2-6-18-10)14(21)19(15)13(9)16(22)23;/h1-7,15H,8H2,(H2,17,20)(H,22,23);/q;+1/p-1/b5-4+,11-7+;/t15-;/m1./s1. The molecule has 9 nitrogen and oxygen atoms in total. The molecule has 1 saturated heterocycles. The van der Waals surface area contributed by atoms with E-state index in [0.717, 1.165) is 12.2 Å². The summed E-state index contributed by atoms with van der Waals surface area (Å²) >= 11 is 0.